The molecule has 2 heterocycles. The van der Waals surface area contributed by atoms with E-state index in [9.17, 15) is 0 Å². The molecule has 1 N–H and O–H groups in total. The van der Waals surface area contributed by atoms with Crippen molar-refractivity contribution in [1.82, 2.24) is 10.2 Å². The molecule has 2 unspecified atom stereocenters. The summed E-state index contributed by atoms with van der Waals surface area (Å²) >= 11 is 0. The number of nitrogens with zero attached hydrogens (tertiary/aromatic N) is 1. The fourth-order valence-corrected chi connectivity index (χ4v) is 3.07. The van der Waals surface area contributed by atoms with E-state index in [0.717, 1.165) is 18.0 Å². The molecule has 2 saturated heterocycles. The Morgan fingerprint density at radius 1 is 1.21 bits per heavy atom. The van der Waals surface area contributed by atoms with Gasteiger partial charge in [-0.25, -0.2) is 0 Å². The van der Waals surface area contributed by atoms with Gasteiger partial charge in [0, 0.05) is 18.6 Å². The second-order valence-corrected chi connectivity index (χ2v) is 5.19. The molecule has 2 nitrogen and oxygen atoms in total. The normalized spacial score (nSPS) is 35.4. The van der Waals surface area contributed by atoms with Crippen LogP contribution in [0.25, 0.3) is 0 Å². The number of rotatable bonds is 2. The van der Waals surface area contributed by atoms with Gasteiger partial charge in [-0.15, -0.1) is 0 Å². The molecule has 0 bridgehead atoms. The molecule has 0 spiro atoms. The highest BCUT2D eigenvalue weighted by Gasteiger charge is 2.31. The lowest BCUT2D eigenvalue weighted by Crippen LogP contribution is -2.49. The molecule has 0 saturated carbocycles. The molecule has 82 valence electrons. The van der Waals surface area contributed by atoms with Crippen LogP contribution in [0.4, 0.5) is 0 Å². The van der Waals surface area contributed by atoms with Gasteiger partial charge in [0.05, 0.1) is 0 Å². The van der Waals surface area contributed by atoms with Gasteiger partial charge in [-0.05, 0) is 38.3 Å². The third kappa shape index (κ3) is 2.12. The van der Waals surface area contributed by atoms with Crippen LogP contribution in [0.3, 0.4) is 0 Å². The van der Waals surface area contributed by atoms with Crippen molar-refractivity contribution in [3.8, 4) is 0 Å². The lowest BCUT2D eigenvalue weighted by molar-refractivity contribution is 0.0737. The highest BCUT2D eigenvalue weighted by atomic mass is 15.2. The van der Waals surface area contributed by atoms with E-state index in [1.54, 1.807) is 0 Å². The highest BCUT2D eigenvalue weighted by Crippen LogP contribution is 2.26. The van der Waals surface area contributed by atoms with Crippen molar-refractivity contribution in [2.24, 2.45) is 5.92 Å². The van der Waals surface area contributed by atoms with Crippen LogP contribution in [-0.2, 0) is 0 Å². The molecule has 2 atom stereocenters. The molecule has 0 aliphatic carbocycles. The van der Waals surface area contributed by atoms with Gasteiger partial charge in [0.15, 0.2) is 0 Å². The van der Waals surface area contributed by atoms with Crippen LogP contribution < -0.4 is 5.32 Å². The molecule has 0 aromatic carbocycles. The Balaban J connectivity index is 1.98. The molecule has 0 aromatic heterocycles. The zero-order valence-electron chi connectivity index (χ0n) is 9.63. The van der Waals surface area contributed by atoms with Crippen molar-refractivity contribution in [3.05, 3.63) is 0 Å². The summed E-state index contributed by atoms with van der Waals surface area (Å²) in [6.45, 7) is 8.56. The van der Waals surface area contributed by atoms with Gasteiger partial charge >= 0.3 is 0 Å². The van der Waals surface area contributed by atoms with Gasteiger partial charge in [-0.2, -0.15) is 0 Å². The maximum absolute atomic E-state index is 3.49. The Bertz CT molecular complexity index is 173. The summed E-state index contributed by atoms with van der Waals surface area (Å²) < 4.78 is 0. The molecule has 2 fully saturated rings. The van der Waals surface area contributed by atoms with Crippen LogP contribution in [0.15, 0.2) is 0 Å². The average Bonchev–Trinajstić information content (AvgIpc) is 2.70. The highest BCUT2D eigenvalue weighted by molar-refractivity contribution is 4.88. The largest absolute Gasteiger partial charge is 0.315 e. The SMILES string of the molecule is CC(C)C1CCCCN1C1CCNC1. The van der Waals surface area contributed by atoms with E-state index < -0.39 is 0 Å². The van der Waals surface area contributed by atoms with Gasteiger partial charge in [-0.3, -0.25) is 4.90 Å². The Kier molecular flexibility index (Phi) is 3.45. The van der Waals surface area contributed by atoms with Crippen molar-refractivity contribution >= 4 is 0 Å². The third-order valence-corrected chi connectivity index (χ3v) is 3.87. The van der Waals surface area contributed by atoms with Crippen LogP contribution >= 0.6 is 0 Å². The fourth-order valence-electron chi connectivity index (χ4n) is 3.07. The minimum absolute atomic E-state index is 0.830. The summed E-state index contributed by atoms with van der Waals surface area (Å²) in [6, 6.07) is 1.69. The summed E-state index contributed by atoms with van der Waals surface area (Å²) in [5.41, 5.74) is 0. The lowest BCUT2D eigenvalue weighted by Gasteiger charge is -2.41. The topological polar surface area (TPSA) is 15.3 Å². The minimum atomic E-state index is 0.830. The maximum atomic E-state index is 3.49. The molecule has 2 aliphatic heterocycles. The zero-order chi connectivity index (χ0) is 9.97. The first-order valence-corrected chi connectivity index (χ1v) is 6.25. The predicted octanol–water partition coefficient (Wildman–Crippen LogP) is 1.86. The molecule has 0 radical (unpaired) electrons. The van der Waals surface area contributed by atoms with E-state index in [1.807, 2.05) is 0 Å². The zero-order valence-corrected chi connectivity index (χ0v) is 9.63. The van der Waals surface area contributed by atoms with Gasteiger partial charge in [0.2, 0.25) is 0 Å². The van der Waals surface area contributed by atoms with Gasteiger partial charge < -0.3 is 5.32 Å². The maximum Gasteiger partial charge on any atom is 0.0235 e. The molecular weight excluding hydrogens is 172 g/mol. The monoisotopic (exact) mass is 196 g/mol. The first-order valence-electron chi connectivity index (χ1n) is 6.25. The molecule has 2 aliphatic rings. The van der Waals surface area contributed by atoms with Crippen LogP contribution in [0.1, 0.15) is 39.5 Å². The number of likely N-dealkylation sites (tertiary alicyclic amines) is 1. The molecular formula is C12H24N2. The Morgan fingerprint density at radius 2 is 2.07 bits per heavy atom. The van der Waals surface area contributed by atoms with E-state index in [1.165, 1.54) is 45.3 Å². The summed E-state index contributed by atoms with van der Waals surface area (Å²) in [5.74, 6) is 0.830. The quantitative estimate of drug-likeness (QED) is 0.725. The molecule has 0 amide bonds. The number of piperidine rings is 1. The number of nitrogens with one attached hydrogen (secondary N) is 1. The smallest absolute Gasteiger partial charge is 0.0235 e. The molecule has 2 rings (SSSR count). The van der Waals surface area contributed by atoms with E-state index in [0.29, 0.717) is 0 Å². The Hall–Kier alpha value is -0.0800. The van der Waals surface area contributed by atoms with E-state index in [2.05, 4.69) is 24.1 Å². The van der Waals surface area contributed by atoms with E-state index in [-0.39, 0.29) is 0 Å². The number of hydrogen-bond donors (Lipinski definition) is 1. The molecule has 0 aromatic rings. The average molecular weight is 196 g/mol. The first kappa shape index (κ1) is 10.4. The van der Waals surface area contributed by atoms with Crippen molar-refractivity contribution in [2.75, 3.05) is 19.6 Å². The van der Waals surface area contributed by atoms with E-state index >= 15 is 0 Å². The predicted molar refractivity (Wildman–Crippen MR) is 60.5 cm³/mol. The van der Waals surface area contributed by atoms with Crippen LogP contribution in [0, 0.1) is 5.92 Å². The third-order valence-electron chi connectivity index (χ3n) is 3.87. The van der Waals surface area contributed by atoms with Crippen molar-refractivity contribution in [1.29, 1.82) is 0 Å². The molecule has 2 heteroatoms. The van der Waals surface area contributed by atoms with Crippen molar-refractivity contribution in [3.63, 3.8) is 0 Å². The number of hydrogen-bond acceptors (Lipinski definition) is 2. The van der Waals surface area contributed by atoms with Crippen molar-refractivity contribution < 1.29 is 0 Å². The second-order valence-electron chi connectivity index (χ2n) is 5.19. The van der Waals surface area contributed by atoms with Gasteiger partial charge in [0.25, 0.3) is 0 Å². The second kappa shape index (κ2) is 4.63. The summed E-state index contributed by atoms with van der Waals surface area (Å²) in [6.07, 6.45) is 5.65. The first-order chi connectivity index (χ1) is 6.79. The fraction of sp³-hybridized carbons (Fsp3) is 1.00. The summed E-state index contributed by atoms with van der Waals surface area (Å²) in [4.78, 5) is 2.79. The summed E-state index contributed by atoms with van der Waals surface area (Å²) in [7, 11) is 0. The van der Waals surface area contributed by atoms with Gasteiger partial charge in [0.1, 0.15) is 0 Å². The Labute approximate surface area is 88.1 Å². The van der Waals surface area contributed by atoms with Crippen molar-refractivity contribution in [2.45, 2.75) is 51.6 Å². The van der Waals surface area contributed by atoms with Crippen LogP contribution in [0.2, 0.25) is 0 Å². The minimum Gasteiger partial charge on any atom is -0.315 e. The molecule has 14 heavy (non-hydrogen) atoms. The van der Waals surface area contributed by atoms with Crippen LogP contribution in [0.5, 0.6) is 0 Å². The van der Waals surface area contributed by atoms with Crippen LogP contribution in [-0.4, -0.2) is 36.6 Å². The summed E-state index contributed by atoms with van der Waals surface area (Å²) in [5, 5.41) is 3.49. The lowest BCUT2D eigenvalue weighted by atomic mass is 9.91. The van der Waals surface area contributed by atoms with E-state index in [4.69, 9.17) is 0 Å². The Morgan fingerprint density at radius 3 is 2.71 bits per heavy atom. The van der Waals surface area contributed by atoms with Gasteiger partial charge in [-0.1, -0.05) is 20.3 Å². The standard InChI is InChI=1S/C12H24N2/c1-10(2)12-5-3-4-8-14(12)11-6-7-13-9-11/h10-13H,3-9H2,1-2H3.